The highest BCUT2D eigenvalue weighted by atomic mass is 16.5. The number of oxazole rings is 1. The molecule has 21 heavy (non-hydrogen) atoms. The van der Waals surface area contributed by atoms with Gasteiger partial charge >= 0.3 is 0 Å². The molecule has 0 fully saturated rings. The Balaban J connectivity index is 1.93. The molecule has 0 aliphatic heterocycles. The molecule has 0 aliphatic carbocycles. The van der Waals surface area contributed by atoms with E-state index in [2.05, 4.69) is 4.98 Å². The fourth-order valence-electron chi connectivity index (χ4n) is 2.26. The Kier molecular flexibility index (Phi) is 3.39. The summed E-state index contributed by atoms with van der Waals surface area (Å²) >= 11 is 0. The zero-order valence-electron chi connectivity index (χ0n) is 11.9. The van der Waals surface area contributed by atoms with Crippen molar-refractivity contribution in [3.05, 3.63) is 47.9 Å². The van der Waals surface area contributed by atoms with E-state index in [1.165, 1.54) is 0 Å². The van der Waals surface area contributed by atoms with Crippen LogP contribution in [0.15, 0.2) is 40.8 Å². The van der Waals surface area contributed by atoms with Gasteiger partial charge in [0.15, 0.2) is 23.0 Å². The third-order valence-corrected chi connectivity index (χ3v) is 3.29. The predicted octanol–water partition coefficient (Wildman–Crippen LogP) is 3.02. The summed E-state index contributed by atoms with van der Waals surface area (Å²) in [5.74, 6) is 2.00. The fourth-order valence-corrected chi connectivity index (χ4v) is 2.26. The largest absolute Gasteiger partial charge is 0.493 e. The minimum absolute atomic E-state index is 0.564. The van der Waals surface area contributed by atoms with E-state index in [4.69, 9.17) is 19.6 Å². The second kappa shape index (κ2) is 5.36. The van der Waals surface area contributed by atoms with Crippen molar-refractivity contribution in [3.63, 3.8) is 0 Å². The van der Waals surface area contributed by atoms with Gasteiger partial charge in [-0.3, -0.25) is 0 Å². The van der Waals surface area contributed by atoms with Crippen LogP contribution in [0.5, 0.6) is 11.5 Å². The summed E-state index contributed by atoms with van der Waals surface area (Å²) in [6, 6.07) is 11.3. The molecule has 3 rings (SSSR count). The normalized spacial score (nSPS) is 10.8. The van der Waals surface area contributed by atoms with Gasteiger partial charge in [0.2, 0.25) is 0 Å². The Morgan fingerprint density at radius 1 is 1.10 bits per heavy atom. The van der Waals surface area contributed by atoms with Gasteiger partial charge in [0, 0.05) is 6.42 Å². The molecule has 0 spiro atoms. The molecule has 5 nitrogen and oxygen atoms in total. The zero-order chi connectivity index (χ0) is 14.8. The number of benzene rings is 2. The quantitative estimate of drug-likeness (QED) is 0.746. The van der Waals surface area contributed by atoms with E-state index < -0.39 is 0 Å². The molecule has 108 valence electrons. The van der Waals surface area contributed by atoms with Gasteiger partial charge < -0.3 is 19.6 Å². The number of nitrogen functional groups attached to an aromatic ring is 1. The van der Waals surface area contributed by atoms with Crippen LogP contribution >= 0.6 is 0 Å². The number of ether oxygens (including phenoxy) is 2. The van der Waals surface area contributed by atoms with Gasteiger partial charge in [0.05, 0.1) is 19.9 Å². The van der Waals surface area contributed by atoms with Gasteiger partial charge in [0.25, 0.3) is 0 Å². The number of hydrogen-bond donors (Lipinski definition) is 1. The molecule has 0 atom stereocenters. The van der Waals surface area contributed by atoms with Crippen LogP contribution in [0.4, 0.5) is 5.69 Å². The van der Waals surface area contributed by atoms with Crippen molar-refractivity contribution in [2.24, 2.45) is 0 Å². The topological polar surface area (TPSA) is 70.5 Å². The number of methoxy groups -OCH3 is 2. The molecule has 0 radical (unpaired) electrons. The van der Waals surface area contributed by atoms with Gasteiger partial charge in [-0.05, 0) is 29.8 Å². The van der Waals surface area contributed by atoms with Crippen molar-refractivity contribution in [2.75, 3.05) is 20.0 Å². The van der Waals surface area contributed by atoms with E-state index in [-0.39, 0.29) is 0 Å². The highest BCUT2D eigenvalue weighted by Gasteiger charge is 2.11. The number of aromatic nitrogens is 1. The van der Waals surface area contributed by atoms with Gasteiger partial charge in [-0.1, -0.05) is 12.1 Å². The second-order valence-electron chi connectivity index (χ2n) is 4.67. The van der Waals surface area contributed by atoms with Crippen molar-refractivity contribution < 1.29 is 13.9 Å². The molecule has 0 bridgehead atoms. The molecule has 1 heterocycles. The summed E-state index contributed by atoms with van der Waals surface area (Å²) < 4.78 is 16.2. The summed E-state index contributed by atoms with van der Waals surface area (Å²) in [5, 5.41) is 0. The first-order valence-corrected chi connectivity index (χ1v) is 6.56. The van der Waals surface area contributed by atoms with Crippen molar-refractivity contribution >= 4 is 16.8 Å². The smallest absolute Gasteiger partial charge is 0.200 e. The Morgan fingerprint density at radius 3 is 2.62 bits per heavy atom. The molecule has 5 heteroatoms. The molecule has 0 unspecified atom stereocenters. The Labute approximate surface area is 122 Å². The Morgan fingerprint density at radius 2 is 1.90 bits per heavy atom. The molecular formula is C16H16N2O3. The van der Waals surface area contributed by atoms with E-state index in [1.807, 2.05) is 30.3 Å². The second-order valence-corrected chi connectivity index (χ2v) is 4.67. The summed E-state index contributed by atoms with van der Waals surface area (Å²) in [6.45, 7) is 0. The molecule has 0 amide bonds. The van der Waals surface area contributed by atoms with Crippen LogP contribution in [0, 0.1) is 0 Å². The van der Waals surface area contributed by atoms with Crippen LogP contribution in [0.2, 0.25) is 0 Å². The third kappa shape index (κ3) is 2.50. The first kappa shape index (κ1) is 13.3. The van der Waals surface area contributed by atoms with Crippen LogP contribution in [0.25, 0.3) is 11.1 Å². The van der Waals surface area contributed by atoms with Gasteiger partial charge in [-0.25, -0.2) is 4.98 Å². The van der Waals surface area contributed by atoms with E-state index >= 15 is 0 Å². The predicted molar refractivity (Wildman–Crippen MR) is 80.8 cm³/mol. The van der Waals surface area contributed by atoms with E-state index in [1.54, 1.807) is 20.3 Å². The minimum Gasteiger partial charge on any atom is -0.493 e. The lowest BCUT2D eigenvalue weighted by Crippen LogP contribution is -1.93. The number of anilines is 1. The van der Waals surface area contributed by atoms with Crippen LogP contribution < -0.4 is 15.2 Å². The molecule has 0 aliphatic rings. The van der Waals surface area contributed by atoms with E-state index in [0.717, 1.165) is 11.1 Å². The minimum atomic E-state index is 0.564. The number of nitrogens with two attached hydrogens (primary N) is 1. The monoisotopic (exact) mass is 284 g/mol. The van der Waals surface area contributed by atoms with Crippen molar-refractivity contribution in [2.45, 2.75) is 6.42 Å². The standard InChI is InChI=1S/C16H16N2O3/c1-19-13-7-6-10(8-14(13)20-2)9-15-18-12-5-3-4-11(17)16(12)21-15/h3-8H,9,17H2,1-2H3. The highest BCUT2D eigenvalue weighted by Crippen LogP contribution is 2.29. The lowest BCUT2D eigenvalue weighted by atomic mass is 10.1. The first-order chi connectivity index (χ1) is 10.2. The summed E-state index contributed by atoms with van der Waals surface area (Å²) in [4.78, 5) is 4.45. The number of nitrogens with zero attached hydrogens (tertiary/aromatic N) is 1. The lowest BCUT2D eigenvalue weighted by Gasteiger charge is -2.08. The van der Waals surface area contributed by atoms with E-state index in [9.17, 15) is 0 Å². The zero-order valence-corrected chi connectivity index (χ0v) is 11.9. The van der Waals surface area contributed by atoms with Crippen LogP contribution in [-0.2, 0) is 6.42 Å². The molecule has 2 N–H and O–H groups in total. The number of rotatable bonds is 4. The average Bonchev–Trinajstić information content (AvgIpc) is 2.91. The maximum Gasteiger partial charge on any atom is 0.200 e. The summed E-state index contributed by atoms with van der Waals surface area (Å²) in [5.41, 5.74) is 8.90. The van der Waals surface area contributed by atoms with Crippen LogP contribution in [0.1, 0.15) is 11.5 Å². The number of hydrogen-bond acceptors (Lipinski definition) is 5. The number of para-hydroxylation sites is 1. The first-order valence-electron chi connectivity index (χ1n) is 6.56. The van der Waals surface area contributed by atoms with Gasteiger partial charge in [-0.2, -0.15) is 0 Å². The lowest BCUT2D eigenvalue weighted by molar-refractivity contribution is 0.354. The van der Waals surface area contributed by atoms with Gasteiger partial charge in [0.1, 0.15) is 5.52 Å². The fraction of sp³-hybridized carbons (Fsp3) is 0.188. The van der Waals surface area contributed by atoms with Gasteiger partial charge in [-0.15, -0.1) is 0 Å². The SMILES string of the molecule is COc1ccc(Cc2nc3cccc(N)c3o2)cc1OC. The van der Waals surface area contributed by atoms with E-state index in [0.29, 0.717) is 35.1 Å². The highest BCUT2D eigenvalue weighted by molar-refractivity contribution is 5.84. The molecular weight excluding hydrogens is 268 g/mol. The van der Waals surface area contributed by atoms with Crippen molar-refractivity contribution in [3.8, 4) is 11.5 Å². The summed E-state index contributed by atoms with van der Waals surface area (Å²) in [6.07, 6.45) is 0.564. The number of fused-ring (bicyclic) bond motifs is 1. The third-order valence-electron chi connectivity index (χ3n) is 3.29. The summed E-state index contributed by atoms with van der Waals surface area (Å²) in [7, 11) is 3.23. The molecule has 3 aromatic rings. The maximum absolute atomic E-state index is 5.88. The Hall–Kier alpha value is -2.69. The van der Waals surface area contributed by atoms with Crippen LogP contribution in [0.3, 0.4) is 0 Å². The van der Waals surface area contributed by atoms with Crippen molar-refractivity contribution in [1.29, 1.82) is 0 Å². The van der Waals surface area contributed by atoms with Crippen molar-refractivity contribution in [1.82, 2.24) is 4.98 Å². The molecule has 1 aromatic heterocycles. The maximum atomic E-state index is 5.88. The van der Waals surface area contributed by atoms with Crippen LogP contribution in [-0.4, -0.2) is 19.2 Å². The molecule has 0 saturated heterocycles. The molecule has 0 saturated carbocycles. The molecule has 2 aromatic carbocycles. The Bertz CT molecular complexity index is 780. The average molecular weight is 284 g/mol.